The van der Waals surface area contributed by atoms with E-state index in [0.717, 1.165) is 17.3 Å². The van der Waals surface area contributed by atoms with E-state index in [4.69, 9.17) is 9.47 Å². The van der Waals surface area contributed by atoms with Gasteiger partial charge in [0.1, 0.15) is 17.6 Å². The van der Waals surface area contributed by atoms with E-state index >= 15 is 0 Å². The number of fused-ring (bicyclic) bond motifs is 1. The van der Waals surface area contributed by atoms with Gasteiger partial charge >= 0.3 is 0 Å². The minimum Gasteiger partial charge on any atom is -0.497 e. The fraction of sp³-hybridized carbons (Fsp3) is 0.381. The fourth-order valence-electron chi connectivity index (χ4n) is 4.05. The first-order valence-electron chi connectivity index (χ1n) is 9.76. The molecule has 2 atom stereocenters. The average molecular weight is 447 g/mol. The number of benzene rings is 2. The lowest BCUT2D eigenvalue weighted by molar-refractivity contribution is -0.116. The van der Waals surface area contributed by atoms with E-state index in [-0.39, 0.29) is 12.0 Å². The first-order chi connectivity index (χ1) is 14.4. The molecule has 158 valence electrons. The number of methoxy groups -OCH3 is 1. The Labute approximate surface area is 179 Å². The zero-order valence-electron chi connectivity index (χ0n) is 16.4. The molecule has 2 aromatic carbocycles. The number of anilines is 2. The van der Waals surface area contributed by atoms with Gasteiger partial charge in [0.15, 0.2) is 4.75 Å². The van der Waals surface area contributed by atoms with Crippen molar-refractivity contribution in [2.24, 2.45) is 5.92 Å². The van der Waals surface area contributed by atoms with Gasteiger partial charge in [0, 0.05) is 29.7 Å². The van der Waals surface area contributed by atoms with Crippen molar-refractivity contribution in [3.05, 3.63) is 48.5 Å². The lowest BCUT2D eigenvalue weighted by atomic mass is 10.2. The Balaban J connectivity index is 1.31. The summed E-state index contributed by atoms with van der Waals surface area (Å²) >= 11 is 1.85. The normalized spacial score (nSPS) is 26.4. The van der Waals surface area contributed by atoms with Crippen molar-refractivity contribution in [1.29, 1.82) is 0 Å². The van der Waals surface area contributed by atoms with Crippen LogP contribution >= 0.6 is 11.8 Å². The number of hydrogen-bond acceptors (Lipinski definition) is 6. The molecule has 9 heteroatoms. The first kappa shape index (κ1) is 19.6. The fourth-order valence-corrected chi connectivity index (χ4v) is 6.97. The number of carbonyl (C=O) groups is 1. The molecule has 7 nitrogen and oxygen atoms in total. The number of hydrogen-bond donors (Lipinski definition) is 1. The van der Waals surface area contributed by atoms with Crippen molar-refractivity contribution in [3.63, 3.8) is 0 Å². The second-order valence-electron chi connectivity index (χ2n) is 7.78. The molecule has 1 saturated carbocycles. The summed E-state index contributed by atoms with van der Waals surface area (Å²) in [5.41, 5.74) is 1.11. The summed E-state index contributed by atoms with van der Waals surface area (Å²) in [4.78, 5) is 13.0. The third kappa shape index (κ3) is 3.02. The highest BCUT2D eigenvalue weighted by Gasteiger charge is 2.75. The van der Waals surface area contributed by atoms with Crippen molar-refractivity contribution in [3.8, 4) is 11.5 Å². The van der Waals surface area contributed by atoms with Gasteiger partial charge in [-0.05, 0) is 55.0 Å². The molecule has 0 spiro atoms. The molecule has 1 aliphatic carbocycles. The van der Waals surface area contributed by atoms with Crippen molar-refractivity contribution in [2.75, 3.05) is 34.8 Å². The molecule has 0 aromatic heterocycles. The molecule has 2 aromatic rings. The molecule has 0 bridgehead atoms. The summed E-state index contributed by atoms with van der Waals surface area (Å²) in [5, 5.41) is 2.80. The molecule has 2 heterocycles. The van der Waals surface area contributed by atoms with Crippen LogP contribution in [0.25, 0.3) is 0 Å². The maximum Gasteiger partial charge on any atom is 0.250 e. The number of amides is 1. The number of ether oxygens (including phenoxy) is 2. The standard InChI is InChI=1S/C21H22N2O5S2/c1-27-17-8-4-16(5-9-17)23-11-14-10-21(14,30(23,25)26)20(24)22-15-2-6-18(7-3-15)28-19-12-29-13-19/h2-9,14,19H,10-13H2,1H3,(H,22,24)/t14-,21-/m1/s1. The molecule has 1 amide bonds. The molecule has 3 aliphatic rings. The van der Waals surface area contributed by atoms with Gasteiger partial charge in [-0.3, -0.25) is 9.10 Å². The zero-order chi connectivity index (χ0) is 20.9. The molecular weight excluding hydrogens is 424 g/mol. The lowest BCUT2D eigenvalue weighted by Gasteiger charge is -2.26. The predicted octanol–water partition coefficient (Wildman–Crippen LogP) is 2.74. The minimum absolute atomic E-state index is 0.205. The molecule has 2 aliphatic heterocycles. The van der Waals surface area contributed by atoms with Crippen molar-refractivity contribution < 1.29 is 22.7 Å². The number of thioether (sulfide) groups is 1. The van der Waals surface area contributed by atoms with Gasteiger partial charge in [-0.1, -0.05) is 0 Å². The Morgan fingerprint density at radius 3 is 2.37 bits per heavy atom. The molecule has 5 rings (SSSR count). The second kappa shape index (κ2) is 7.09. The molecule has 30 heavy (non-hydrogen) atoms. The SMILES string of the molecule is COc1ccc(N2C[C@H]3C[C@@]3(C(=O)Nc3ccc(OC4CSC4)cc3)S2(=O)=O)cc1. The number of nitrogens with zero attached hydrogens (tertiary/aromatic N) is 1. The predicted molar refractivity (Wildman–Crippen MR) is 117 cm³/mol. The van der Waals surface area contributed by atoms with Crippen molar-refractivity contribution >= 4 is 39.1 Å². The van der Waals surface area contributed by atoms with Gasteiger partial charge in [0.25, 0.3) is 0 Å². The van der Waals surface area contributed by atoms with E-state index in [1.807, 2.05) is 11.8 Å². The third-order valence-corrected chi connectivity index (χ3v) is 9.71. The lowest BCUT2D eigenvalue weighted by Crippen LogP contribution is -2.42. The van der Waals surface area contributed by atoms with Crippen molar-refractivity contribution in [1.82, 2.24) is 0 Å². The molecule has 3 fully saturated rings. The summed E-state index contributed by atoms with van der Waals surface area (Å²) < 4.78 is 37.4. The second-order valence-corrected chi connectivity index (χ2v) is 11.0. The van der Waals surface area contributed by atoms with Crippen LogP contribution in [-0.4, -0.2) is 50.3 Å². The van der Waals surface area contributed by atoms with Crippen LogP contribution in [0, 0.1) is 5.92 Å². The van der Waals surface area contributed by atoms with E-state index in [1.165, 1.54) is 4.31 Å². The highest BCUT2D eigenvalue weighted by molar-refractivity contribution is 8.00. The summed E-state index contributed by atoms with van der Waals surface area (Å²) in [6.45, 7) is 0.314. The number of carbonyl (C=O) groups excluding carboxylic acids is 1. The smallest absolute Gasteiger partial charge is 0.250 e. The highest BCUT2D eigenvalue weighted by atomic mass is 32.2. The van der Waals surface area contributed by atoms with E-state index < -0.39 is 20.7 Å². The summed E-state index contributed by atoms with van der Waals surface area (Å²) in [6, 6.07) is 13.9. The Morgan fingerprint density at radius 2 is 1.77 bits per heavy atom. The van der Waals surface area contributed by atoms with Crippen LogP contribution in [0.3, 0.4) is 0 Å². The largest absolute Gasteiger partial charge is 0.497 e. The quantitative estimate of drug-likeness (QED) is 0.735. The van der Waals surface area contributed by atoms with Gasteiger partial charge < -0.3 is 14.8 Å². The van der Waals surface area contributed by atoms with Gasteiger partial charge in [-0.15, -0.1) is 0 Å². The van der Waals surface area contributed by atoms with Crippen LogP contribution < -0.4 is 19.1 Å². The number of rotatable bonds is 6. The van der Waals surface area contributed by atoms with Gasteiger partial charge in [0.2, 0.25) is 15.9 Å². The van der Waals surface area contributed by atoms with Crippen LogP contribution in [0.5, 0.6) is 11.5 Å². The highest BCUT2D eigenvalue weighted by Crippen LogP contribution is 2.58. The summed E-state index contributed by atoms with van der Waals surface area (Å²) in [5.74, 6) is 2.71. The van der Waals surface area contributed by atoms with Gasteiger partial charge in [-0.25, -0.2) is 8.42 Å². The summed E-state index contributed by atoms with van der Waals surface area (Å²) in [6.07, 6.45) is 0.600. The maximum atomic E-state index is 13.3. The van der Waals surface area contributed by atoms with Gasteiger partial charge in [0.05, 0.1) is 12.8 Å². The van der Waals surface area contributed by atoms with Crippen LogP contribution in [-0.2, 0) is 14.8 Å². The monoisotopic (exact) mass is 446 g/mol. The third-order valence-electron chi connectivity index (χ3n) is 5.95. The van der Waals surface area contributed by atoms with Crippen LogP contribution in [0.2, 0.25) is 0 Å². The van der Waals surface area contributed by atoms with E-state index in [2.05, 4.69) is 5.32 Å². The van der Waals surface area contributed by atoms with E-state index in [1.54, 1.807) is 55.6 Å². The van der Waals surface area contributed by atoms with E-state index in [0.29, 0.717) is 30.1 Å². The number of nitrogens with one attached hydrogen (secondary N) is 1. The van der Waals surface area contributed by atoms with Crippen LogP contribution in [0.15, 0.2) is 48.5 Å². The Hall–Kier alpha value is -2.39. The Morgan fingerprint density at radius 1 is 1.10 bits per heavy atom. The molecule has 1 N–H and O–H groups in total. The molecule has 2 saturated heterocycles. The first-order valence-corrected chi connectivity index (χ1v) is 12.4. The molecule has 0 unspecified atom stereocenters. The minimum atomic E-state index is -3.81. The van der Waals surface area contributed by atoms with Crippen LogP contribution in [0.4, 0.5) is 11.4 Å². The van der Waals surface area contributed by atoms with Gasteiger partial charge in [-0.2, -0.15) is 11.8 Å². The summed E-state index contributed by atoms with van der Waals surface area (Å²) in [7, 11) is -2.25. The molecular formula is C21H22N2O5S2. The molecule has 0 radical (unpaired) electrons. The Kier molecular flexibility index (Phi) is 4.62. The maximum absolute atomic E-state index is 13.3. The average Bonchev–Trinajstić information content (AvgIpc) is 3.41. The Bertz CT molecular complexity index is 1070. The van der Waals surface area contributed by atoms with Crippen molar-refractivity contribution in [2.45, 2.75) is 17.3 Å². The van der Waals surface area contributed by atoms with Crippen LogP contribution in [0.1, 0.15) is 6.42 Å². The topological polar surface area (TPSA) is 84.9 Å². The van der Waals surface area contributed by atoms with E-state index in [9.17, 15) is 13.2 Å². The zero-order valence-corrected chi connectivity index (χ0v) is 18.0. The number of sulfonamides is 1.